The Kier molecular flexibility index (Phi) is 5.03. The summed E-state index contributed by atoms with van der Waals surface area (Å²) in [4.78, 5) is 24.5. The van der Waals surface area contributed by atoms with Crippen molar-refractivity contribution in [2.45, 2.75) is 19.9 Å². The number of halogens is 2. The second-order valence-electron chi connectivity index (χ2n) is 6.21. The van der Waals surface area contributed by atoms with Gasteiger partial charge in [-0.15, -0.1) is 0 Å². The first-order chi connectivity index (χ1) is 12.0. The van der Waals surface area contributed by atoms with Crippen LogP contribution in [0.2, 0.25) is 0 Å². The van der Waals surface area contributed by atoms with E-state index in [4.69, 9.17) is 0 Å². The maximum absolute atomic E-state index is 14.0. The Hall–Kier alpha value is -2.41. The minimum atomic E-state index is -0.580. The molecule has 0 radical (unpaired) electrons. The molecule has 0 bridgehead atoms. The number of hydrogen-bond acceptors (Lipinski definition) is 4. The van der Waals surface area contributed by atoms with Crippen molar-refractivity contribution < 1.29 is 13.6 Å². The lowest BCUT2D eigenvalue weighted by atomic mass is 10.1. The third kappa shape index (κ3) is 3.82. The van der Waals surface area contributed by atoms with Gasteiger partial charge in [0.25, 0.3) is 5.91 Å². The first-order valence-corrected chi connectivity index (χ1v) is 8.22. The highest BCUT2D eigenvalue weighted by Crippen LogP contribution is 2.24. The van der Waals surface area contributed by atoms with E-state index in [9.17, 15) is 13.6 Å². The standard InChI is InChI=1S/C18H20F2N4O/c1-12-10-22-17(11-21-12)18(25)24-7-5-23(6-8-24)13(2)15-4-3-14(19)9-16(15)20/h3-4,9-11,13H,5-8H2,1-2H3/t13-/m1/s1. The van der Waals surface area contributed by atoms with Gasteiger partial charge in [-0.3, -0.25) is 14.7 Å². The number of carbonyl (C=O) groups excluding carboxylic acids is 1. The number of benzene rings is 1. The van der Waals surface area contributed by atoms with E-state index in [1.165, 1.54) is 18.3 Å². The molecule has 0 spiro atoms. The van der Waals surface area contributed by atoms with Crippen LogP contribution in [0.5, 0.6) is 0 Å². The molecule has 2 aromatic rings. The molecule has 1 aliphatic heterocycles. The van der Waals surface area contributed by atoms with Crippen molar-refractivity contribution in [3.05, 3.63) is 59.2 Å². The Morgan fingerprint density at radius 1 is 1.12 bits per heavy atom. The SMILES string of the molecule is Cc1cnc(C(=O)N2CCN([C@H](C)c3ccc(F)cc3F)CC2)cn1. The van der Waals surface area contributed by atoms with Crippen molar-refractivity contribution in [1.29, 1.82) is 0 Å². The molecule has 0 N–H and O–H groups in total. The molecule has 1 saturated heterocycles. The fourth-order valence-corrected chi connectivity index (χ4v) is 3.01. The maximum Gasteiger partial charge on any atom is 0.274 e. The van der Waals surface area contributed by atoms with Gasteiger partial charge in [-0.25, -0.2) is 13.8 Å². The summed E-state index contributed by atoms with van der Waals surface area (Å²) in [6.07, 6.45) is 3.06. The van der Waals surface area contributed by atoms with Crippen LogP contribution in [0, 0.1) is 18.6 Å². The summed E-state index contributed by atoms with van der Waals surface area (Å²) in [5, 5.41) is 0. The van der Waals surface area contributed by atoms with Gasteiger partial charge in [0.2, 0.25) is 0 Å². The zero-order valence-electron chi connectivity index (χ0n) is 14.2. The van der Waals surface area contributed by atoms with Gasteiger partial charge in [-0.2, -0.15) is 0 Å². The van der Waals surface area contributed by atoms with Crippen LogP contribution in [0.25, 0.3) is 0 Å². The third-order valence-electron chi connectivity index (χ3n) is 4.56. The quantitative estimate of drug-likeness (QED) is 0.857. The third-order valence-corrected chi connectivity index (χ3v) is 4.56. The van der Waals surface area contributed by atoms with Gasteiger partial charge in [-0.05, 0) is 19.9 Å². The summed E-state index contributed by atoms with van der Waals surface area (Å²) in [5.41, 5.74) is 1.55. The molecule has 3 rings (SSSR count). The Bertz CT molecular complexity index is 758. The molecule has 0 unspecified atom stereocenters. The molecular weight excluding hydrogens is 326 g/mol. The molecule has 0 aliphatic carbocycles. The summed E-state index contributed by atoms with van der Waals surface area (Å²) >= 11 is 0. The summed E-state index contributed by atoms with van der Waals surface area (Å²) in [7, 11) is 0. The van der Waals surface area contributed by atoms with E-state index in [0.29, 0.717) is 37.4 Å². The summed E-state index contributed by atoms with van der Waals surface area (Å²) < 4.78 is 27.0. The molecule has 0 saturated carbocycles. The van der Waals surface area contributed by atoms with Crippen LogP contribution >= 0.6 is 0 Å². The molecule has 1 aliphatic rings. The van der Waals surface area contributed by atoms with Crippen molar-refractivity contribution in [2.24, 2.45) is 0 Å². The zero-order chi connectivity index (χ0) is 18.0. The first kappa shape index (κ1) is 17.4. The van der Waals surface area contributed by atoms with Crippen molar-refractivity contribution in [1.82, 2.24) is 19.8 Å². The molecule has 1 fully saturated rings. The average Bonchev–Trinajstić information content (AvgIpc) is 2.61. The highest BCUT2D eigenvalue weighted by Gasteiger charge is 2.27. The molecule has 2 heterocycles. The van der Waals surface area contributed by atoms with Crippen molar-refractivity contribution in [3.63, 3.8) is 0 Å². The van der Waals surface area contributed by atoms with Crippen LogP contribution in [0.15, 0.2) is 30.6 Å². The van der Waals surface area contributed by atoms with Gasteiger partial charge in [0, 0.05) is 50.0 Å². The average molecular weight is 346 g/mol. The van der Waals surface area contributed by atoms with E-state index in [-0.39, 0.29) is 11.9 Å². The second kappa shape index (κ2) is 7.23. The number of piperazine rings is 1. The number of rotatable bonds is 3. The second-order valence-corrected chi connectivity index (χ2v) is 6.21. The van der Waals surface area contributed by atoms with E-state index < -0.39 is 11.6 Å². The van der Waals surface area contributed by atoms with Crippen LogP contribution in [-0.4, -0.2) is 51.9 Å². The van der Waals surface area contributed by atoms with Crippen molar-refractivity contribution >= 4 is 5.91 Å². The number of carbonyl (C=O) groups is 1. The molecule has 1 amide bonds. The number of nitrogens with zero attached hydrogens (tertiary/aromatic N) is 4. The molecule has 1 aromatic carbocycles. The summed E-state index contributed by atoms with van der Waals surface area (Å²) in [5.74, 6) is -1.27. The number of hydrogen-bond donors (Lipinski definition) is 0. The van der Waals surface area contributed by atoms with E-state index in [2.05, 4.69) is 14.9 Å². The number of aromatic nitrogens is 2. The summed E-state index contributed by atoms with van der Waals surface area (Å²) in [6, 6.07) is 3.47. The van der Waals surface area contributed by atoms with Gasteiger partial charge in [-0.1, -0.05) is 6.07 Å². The van der Waals surface area contributed by atoms with Crippen LogP contribution in [0.1, 0.15) is 34.7 Å². The van der Waals surface area contributed by atoms with Gasteiger partial charge >= 0.3 is 0 Å². The summed E-state index contributed by atoms with van der Waals surface area (Å²) in [6.45, 7) is 5.99. The highest BCUT2D eigenvalue weighted by molar-refractivity contribution is 5.92. The normalized spacial score (nSPS) is 16.7. The van der Waals surface area contributed by atoms with Crippen molar-refractivity contribution in [2.75, 3.05) is 26.2 Å². The maximum atomic E-state index is 14.0. The molecule has 1 aromatic heterocycles. The van der Waals surface area contributed by atoms with Crippen LogP contribution in [0.4, 0.5) is 8.78 Å². The molecule has 7 heteroatoms. The lowest BCUT2D eigenvalue weighted by molar-refractivity contribution is 0.0573. The van der Waals surface area contributed by atoms with Crippen LogP contribution in [0.3, 0.4) is 0 Å². The van der Waals surface area contributed by atoms with Gasteiger partial charge in [0.1, 0.15) is 17.3 Å². The first-order valence-electron chi connectivity index (χ1n) is 8.22. The van der Waals surface area contributed by atoms with E-state index in [0.717, 1.165) is 11.8 Å². The Morgan fingerprint density at radius 3 is 2.44 bits per heavy atom. The molecule has 132 valence electrons. The minimum absolute atomic E-state index is 0.146. The lowest BCUT2D eigenvalue weighted by Gasteiger charge is -2.38. The van der Waals surface area contributed by atoms with Crippen LogP contribution < -0.4 is 0 Å². The Balaban J connectivity index is 1.63. The zero-order valence-corrected chi connectivity index (χ0v) is 14.2. The smallest absolute Gasteiger partial charge is 0.274 e. The van der Waals surface area contributed by atoms with Gasteiger partial charge in [0.05, 0.1) is 11.9 Å². The number of aryl methyl sites for hydroxylation is 1. The predicted molar refractivity (Wildman–Crippen MR) is 89.0 cm³/mol. The lowest BCUT2D eigenvalue weighted by Crippen LogP contribution is -2.49. The molecule has 5 nitrogen and oxygen atoms in total. The van der Waals surface area contributed by atoms with Gasteiger partial charge < -0.3 is 4.90 Å². The number of amides is 1. The Labute approximate surface area is 145 Å². The predicted octanol–water partition coefficient (Wildman–Crippen LogP) is 2.58. The van der Waals surface area contributed by atoms with E-state index in [1.54, 1.807) is 11.1 Å². The fraction of sp³-hybridized carbons (Fsp3) is 0.389. The topological polar surface area (TPSA) is 49.3 Å². The molecule has 25 heavy (non-hydrogen) atoms. The molecular formula is C18H20F2N4O. The highest BCUT2D eigenvalue weighted by atomic mass is 19.1. The Morgan fingerprint density at radius 2 is 1.84 bits per heavy atom. The van der Waals surface area contributed by atoms with Crippen molar-refractivity contribution in [3.8, 4) is 0 Å². The van der Waals surface area contributed by atoms with Crippen LogP contribution in [-0.2, 0) is 0 Å². The molecule has 1 atom stereocenters. The fourth-order valence-electron chi connectivity index (χ4n) is 3.01. The largest absolute Gasteiger partial charge is 0.335 e. The van der Waals surface area contributed by atoms with E-state index in [1.807, 2.05) is 13.8 Å². The minimum Gasteiger partial charge on any atom is -0.335 e. The van der Waals surface area contributed by atoms with Gasteiger partial charge in [0.15, 0.2) is 0 Å². The monoisotopic (exact) mass is 346 g/mol. The van der Waals surface area contributed by atoms with E-state index >= 15 is 0 Å².